The van der Waals surface area contributed by atoms with E-state index < -0.39 is 17.8 Å². The van der Waals surface area contributed by atoms with Crippen LogP contribution in [0.15, 0.2) is 67.1 Å². The number of amides is 2. The largest absolute Gasteiger partial charge is 0.437 e. The minimum atomic E-state index is -0.785. The summed E-state index contributed by atoms with van der Waals surface area (Å²) in [5.41, 5.74) is 0.775. The molecule has 1 aromatic heterocycles. The number of nitrogens with zero attached hydrogens (tertiary/aromatic N) is 2. The van der Waals surface area contributed by atoms with Crippen molar-refractivity contribution in [1.82, 2.24) is 15.3 Å². The van der Waals surface area contributed by atoms with Crippen LogP contribution < -0.4 is 15.4 Å². The second-order valence-corrected chi connectivity index (χ2v) is 6.86. The zero-order chi connectivity index (χ0) is 21.5. The third kappa shape index (κ3) is 5.60. The molecule has 0 fully saturated rings. The first-order valence-electron chi connectivity index (χ1n) is 9.33. The summed E-state index contributed by atoms with van der Waals surface area (Å²) in [5, 5.41) is 5.49. The van der Waals surface area contributed by atoms with E-state index in [1.807, 2.05) is 13.8 Å². The maximum Gasteiger partial charge on any atom is 0.251 e. The predicted molar refractivity (Wildman–Crippen MR) is 110 cm³/mol. The smallest absolute Gasteiger partial charge is 0.251 e. The number of halogens is 1. The van der Waals surface area contributed by atoms with Crippen LogP contribution >= 0.6 is 0 Å². The normalized spacial score (nSPS) is 11.6. The molecule has 0 saturated carbocycles. The average molecular weight is 408 g/mol. The maximum atomic E-state index is 13.1. The lowest BCUT2D eigenvalue weighted by Crippen LogP contribution is -2.47. The van der Waals surface area contributed by atoms with Gasteiger partial charge in [0, 0.05) is 29.7 Å². The van der Waals surface area contributed by atoms with Crippen molar-refractivity contribution in [2.45, 2.75) is 19.9 Å². The Balaban J connectivity index is 1.68. The number of nitrogens with one attached hydrogen (secondary N) is 2. The molecule has 8 heteroatoms. The van der Waals surface area contributed by atoms with Crippen molar-refractivity contribution in [2.75, 3.05) is 5.32 Å². The summed E-state index contributed by atoms with van der Waals surface area (Å²) in [6.07, 6.45) is 4.53. The Bertz CT molecular complexity index is 1010. The van der Waals surface area contributed by atoms with Gasteiger partial charge in [-0.2, -0.15) is 0 Å². The predicted octanol–water partition coefficient (Wildman–Crippen LogP) is 3.80. The van der Waals surface area contributed by atoms with Crippen LogP contribution in [0.2, 0.25) is 0 Å². The van der Waals surface area contributed by atoms with Crippen molar-refractivity contribution in [3.63, 3.8) is 0 Å². The number of anilines is 1. The molecular weight excluding hydrogens is 387 g/mol. The first kappa shape index (κ1) is 20.9. The summed E-state index contributed by atoms with van der Waals surface area (Å²) in [6, 6.07) is 11.1. The lowest BCUT2D eigenvalue weighted by molar-refractivity contribution is -0.118. The molecular formula is C22H21FN4O3. The summed E-state index contributed by atoms with van der Waals surface area (Å²) in [5.74, 6) is -0.639. The van der Waals surface area contributed by atoms with Crippen LogP contribution in [-0.4, -0.2) is 27.8 Å². The molecule has 3 rings (SSSR count). The second kappa shape index (κ2) is 9.60. The van der Waals surface area contributed by atoms with E-state index in [4.69, 9.17) is 4.74 Å². The van der Waals surface area contributed by atoms with Crippen LogP contribution in [0.1, 0.15) is 24.2 Å². The Morgan fingerprint density at radius 1 is 1.07 bits per heavy atom. The van der Waals surface area contributed by atoms with E-state index in [-0.39, 0.29) is 17.4 Å². The molecule has 1 heterocycles. The fourth-order valence-corrected chi connectivity index (χ4v) is 2.68. The molecule has 0 radical (unpaired) electrons. The summed E-state index contributed by atoms with van der Waals surface area (Å²) >= 11 is 0. The first-order chi connectivity index (χ1) is 14.4. The van der Waals surface area contributed by atoms with Crippen LogP contribution in [0, 0.1) is 11.7 Å². The van der Waals surface area contributed by atoms with Crippen LogP contribution in [-0.2, 0) is 4.79 Å². The molecule has 1 atom stereocenters. The van der Waals surface area contributed by atoms with Gasteiger partial charge in [0.15, 0.2) is 0 Å². The summed E-state index contributed by atoms with van der Waals surface area (Å²) in [6.45, 7) is 3.64. The highest BCUT2D eigenvalue weighted by atomic mass is 19.1. The quantitative estimate of drug-likeness (QED) is 0.620. The van der Waals surface area contributed by atoms with Gasteiger partial charge in [0.05, 0.1) is 6.20 Å². The zero-order valence-electron chi connectivity index (χ0n) is 16.5. The molecule has 0 spiro atoms. The van der Waals surface area contributed by atoms with E-state index >= 15 is 0 Å². The van der Waals surface area contributed by atoms with Gasteiger partial charge >= 0.3 is 0 Å². The number of carbonyl (C=O) groups excluding carboxylic acids is 2. The fourth-order valence-electron chi connectivity index (χ4n) is 2.68. The van der Waals surface area contributed by atoms with Gasteiger partial charge in [0.25, 0.3) is 5.91 Å². The van der Waals surface area contributed by atoms with E-state index in [0.717, 1.165) is 0 Å². The minimum Gasteiger partial charge on any atom is -0.437 e. The van der Waals surface area contributed by atoms with Gasteiger partial charge < -0.3 is 15.4 Å². The molecule has 0 aliphatic carbocycles. The molecule has 3 aromatic rings. The standard InChI is InChI=1S/C22H21FN4O3/c1-14(2)20(27-21(28)15-6-8-16(23)9-7-15)22(29)26-17-4-3-5-18(12-17)30-19-13-24-10-11-25-19/h3-14,20H,1-2H3,(H,26,29)(H,27,28). The van der Waals surface area contributed by atoms with Crippen LogP contribution in [0.5, 0.6) is 11.6 Å². The van der Waals surface area contributed by atoms with Gasteiger partial charge in [0.2, 0.25) is 11.8 Å². The highest BCUT2D eigenvalue weighted by Gasteiger charge is 2.25. The molecule has 0 aliphatic heterocycles. The molecule has 2 amide bonds. The van der Waals surface area contributed by atoms with Crippen molar-refractivity contribution in [1.29, 1.82) is 0 Å². The molecule has 2 aromatic carbocycles. The number of hydrogen-bond acceptors (Lipinski definition) is 5. The number of benzene rings is 2. The molecule has 0 aliphatic rings. The lowest BCUT2D eigenvalue weighted by atomic mass is 10.0. The van der Waals surface area contributed by atoms with E-state index in [1.54, 1.807) is 24.3 Å². The van der Waals surface area contributed by atoms with Crippen molar-refractivity contribution in [3.05, 3.63) is 78.5 Å². The van der Waals surface area contributed by atoms with E-state index in [1.165, 1.54) is 42.9 Å². The molecule has 154 valence electrons. The van der Waals surface area contributed by atoms with Crippen LogP contribution in [0.3, 0.4) is 0 Å². The van der Waals surface area contributed by atoms with Gasteiger partial charge in [0.1, 0.15) is 17.6 Å². The lowest BCUT2D eigenvalue weighted by Gasteiger charge is -2.22. The highest BCUT2D eigenvalue weighted by Crippen LogP contribution is 2.22. The van der Waals surface area contributed by atoms with E-state index in [0.29, 0.717) is 17.3 Å². The fraction of sp³-hybridized carbons (Fsp3) is 0.182. The SMILES string of the molecule is CC(C)C(NC(=O)c1ccc(F)cc1)C(=O)Nc1cccc(Oc2cnccn2)c1. The Morgan fingerprint density at radius 3 is 2.50 bits per heavy atom. The Kier molecular flexibility index (Phi) is 6.69. The minimum absolute atomic E-state index is 0.173. The number of ether oxygens (including phenoxy) is 1. The molecule has 30 heavy (non-hydrogen) atoms. The maximum absolute atomic E-state index is 13.1. The molecule has 0 saturated heterocycles. The molecule has 2 N–H and O–H groups in total. The summed E-state index contributed by atoms with van der Waals surface area (Å²) < 4.78 is 18.7. The van der Waals surface area contributed by atoms with Crippen molar-refractivity contribution < 1.29 is 18.7 Å². The monoisotopic (exact) mass is 408 g/mol. The average Bonchev–Trinajstić information content (AvgIpc) is 2.73. The number of rotatable bonds is 7. The van der Waals surface area contributed by atoms with Gasteiger partial charge in [-0.1, -0.05) is 19.9 Å². The van der Waals surface area contributed by atoms with Gasteiger partial charge in [-0.15, -0.1) is 0 Å². The van der Waals surface area contributed by atoms with E-state index in [9.17, 15) is 14.0 Å². The van der Waals surface area contributed by atoms with Crippen LogP contribution in [0.4, 0.5) is 10.1 Å². The number of aromatic nitrogens is 2. The van der Waals surface area contributed by atoms with Crippen molar-refractivity contribution >= 4 is 17.5 Å². The molecule has 1 unspecified atom stereocenters. The Hall–Kier alpha value is -3.81. The van der Waals surface area contributed by atoms with Crippen molar-refractivity contribution in [2.24, 2.45) is 5.92 Å². The van der Waals surface area contributed by atoms with Gasteiger partial charge in [-0.3, -0.25) is 14.6 Å². The second-order valence-electron chi connectivity index (χ2n) is 6.86. The van der Waals surface area contributed by atoms with Gasteiger partial charge in [-0.25, -0.2) is 9.37 Å². The van der Waals surface area contributed by atoms with E-state index in [2.05, 4.69) is 20.6 Å². The van der Waals surface area contributed by atoms with Crippen LogP contribution in [0.25, 0.3) is 0 Å². The third-order valence-corrected chi connectivity index (χ3v) is 4.21. The number of hydrogen-bond donors (Lipinski definition) is 2. The number of carbonyl (C=O) groups is 2. The van der Waals surface area contributed by atoms with Crippen molar-refractivity contribution in [3.8, 4) is 11.6 Å². The zero-order valence-corrected chi connectivity index (χ0v) is 16.5. The van der Waals surface area contributed by atoms with Gasteiger partial charge in [-0.05, 0) is 42.3 Å². The Morgan fingerprint density at radius 2 is 1.83 bits per heavy atom. The highest BCUT2D eigenvalue weighted by molar-refractivity contribution is 6.01. The topological polar surface area (TPSA) is 93.2 Å². The first-order valence-corrected chi connectivity index (χ1v) is 9.33. The summed E-state index contributed by atoms with van der Waals surface area (Å²) in [4.78, 5) is 33.2. The molecule has 0 bridgehead atoms. The Labute approximate surface area is 173 Å². The summed E-state index contributed by atoms with van der Waals surface area (Å²) in [7, 11) is 0. The molecule has 7 nitrogen and oxygen atoms in total. The third-order valence-electron chi connectivity index (χ3n) is 4.21.